The van der Waals surface area contributed by atoms with Gasteiger partial charge in [0.05, 0.1) is 12.5 Å². The highest BCUT2D eigenvalue weighted by molar-refractivity contribution is 5.73. The van der Waals surface area contributed by atoms with Crippen molar-refractivity contribution in [2.24, 2.45) is 17.8 Å². The van der Waals surface area contributed by atoms with Gasteiger partial charge in [-0.3, -0.25) is 4.79 Å². The maximum absolute atomic E-state index is 12.2. The molecule has 1 aromatic carbocycles. The first-order valence-electron chi connectivity index (χ1n) is 7.26. The van der Waals surface area contributed by atoms with Crippen LogP contribution in [0.5, 0.6) is 0 Å². The van der Waals surface area contributed by atoms with Crippen molar-refractivity contribution in [3.8, 4) is 0 Å². The van der Waals surface area contributed by atoms with E-state index in [9.17, 15) is 4.79 Å². The standard InChI is InChI=1S/C17H26O2/c1-5-14(4)16(13(2)3)17(18)19-12-11-15-9-7-6-8-10-15/h6-10,13-14,16H,5,11-12H2,1-4H3. The Morgan fingerprint density at radius 2 is 1.79 bits per heavy atom. The van der Waals surface area contributed by atoms with E-state index in [1.807, 2.05) is 18.2 Å². The summed E-state index contributed by atoms with van der Waals surface area (Å²) in [5.41, 5.74) is 1.21. The predicted molar refractivity (Wildman–Crippen MR) is 78.9 cm³/mol. The zero-order chi connectivity index (χ0) is 14.3. The molecule has 0 aliphatic rings. The van der Waals surface area contributed by atoms with Crippen LogP contribution < -0.4 is 0 Å². The van der Waals surface area contributed by atoms with Gasteiger partial charge in [0.15, 0.2) is 0 Å². The maximum Gasteiger partial charge on any atom is 0.309 e. The van der Waals surface area contributed by atoms with Gasteiger partial charge in [-0.1, -0.05) is 64.4 Å². The van der Waals surface area contributed by atoms with Gasteiger partial charge in [0.2, 0.25) is 0 Å². The van der Waals surface area contributed by atoms with Crippen molar-refractivity contribution in [3.63, 3.8) is 0 Å². The summed E-state index contributed by atoms with van der Waals surface area (Å²) in [6.45, 7) is 8.91. The Balaban J connectivity index is 2.45. The monoisotopic (exact) mass is 262 g/mol. The highest BCUT2D eigenvalue weighted by Gasteiger charge is 2.28. The van der Waals surface area contributed by atoms with Crippen molar-refractivity contribution in [3.05, 3.63) is 35.9 Å². The molecule has 0 saturated heterocycles. The molecule has 0 amide bonds. The Labute approximate surface area is 117 Å². The SMILES string of the molecule is CCC(C)C(C(=O)OCCc1ccccc1)C(C)C. The normalized spacial score (nSPS) is 14.2. The first-order chi connectivity index (χ1) is 9.06. The summed E-state index contributed by atoms with van der Waals surface area (Å²) in [5.74, 6) is 0.685. The lowest BCUT2D eigenvalue weighted by atomic mass is 9.83. The van der Waals surface area contributed by atoms with Gasteiger partial charge in [0.1, 0.15) is 0 Å². The zero-order valence-electron chi connectivity index (χ0n) is 12.6. The zero-order valence-corrected chi connectivity index (χ0v) is 12.6. The summed E-state index contributed by atoms with van der Waals surface area (Å²) in [6, 6.07) is 10.1. The fraction of sp³-hybridized carbons (Fsp3) is 0.588. The molecule has 2 nitrogen and oxygen atoms in total. The molecule has 0 aromatic heterocycles. The van der Waals surface area contributed by atoms with E-state index < -0.39 is 0 Å². The van der Waals surface area contributed by atoms with Crippen LogP contribution in [0.25, 0.3) is 0 Å². The minimum atomic E-state index is -0.0414. The number of rotatable bonds is 7. The van der Waals surface area contributed by atoms with E-state index in [2.05, 4.69) is 39.8 Å². The summed E-state index contributed by atoms with van der Waals surface area (Å²) < 4.78 is 5.45. The Hall–Kier alpha value is -1.31. The highest BCUT2D eigenvalue weighted by atomic mass is 16.5. The van der Waals surface area contributed by atoms with Crippen LogP contribution in [-0.4, -0.2) is 12.6 Å². The first-order valence-corrected chi connectivity index (χ1v) is 7.26. The molecule has 2 unspecified atom stereocenters. The molecule has 0 fully saturated rings. The lowest BCUT2D eigenvalue weighted by Gasteiger charge is -2.24. The lowest BCUT2D eigenvalue weighted by Crippen LogP contribution is -2.29. The van der Waals surface area contributed by atoms with Crippen LogP contribution in [0, 0.1) is 17.8 Å². The van der Waals surface area contributed by atoms with Crippen molar-refractivity contribution in [2.45, 2.75) is 40.5 Å². The van der Waals surface area contributed by atoms with Gasteiger partial charge >= 0.3 is 5.97 Å². The highest BCUT2D eigenvalue weighted by Crippen LogP contribution is 2.24. The molecule has 1 rings (SSSR count). The van der Waals surface area contributed by atoms with Gasteiger partial charge in [-0.05, 0) is 17.4 Å². The topological polar surface area (TPSA) is 26.3 Å². The minimum absolute atomic E-state index is 0.0146. The van der Waals surface area contributed by atoms with E-state index in [0.717, 1.165) is 12.8 Å². The van der Waals surface area contributed by atoms with E-state index in [4.69, 9.17) is 4.74 Å². The van der Waals surface area contributed by atoms with Crippen LogP contribution in [-0.2, 0) is 16.0 Å². The molecule has 0 radical (unpaired) electrons. The third-order valence-corrected chi connectivity index (χ3v) is 3.73. The second-order valence-corrected chi connectivity index (χ2v) is 5.56. The molecular formula is C17H26O2. The number of benzene rings is 1. The molecule has 106 valence electrons. The van der Waals surface area contributed by atoms with Gasteiger partial charge in [0.25, 0.3) is 0 Å². The van der Waals surface area contributed by atoms with Crippen LogP contribution in [0.15, 0.2) is 30.3 Å². The second kappa shape index (κ2) is 7.98. The maximum atomic E-state index is 12.2. The molecular weight excluding hydrogens is 236 g/mol. The lowest BCUT2D eigenvalue weighted by molar-refractivity contribution is -0.152. The first kappa shape index (κ1) is 15.7. The Morgan fingerprint density at radius 1 is 1.16 bits per heavy atom. The summed E-state index contributed by atoms with van der Waals surface area (Å²) in [7, 11) is 0. The molecule has 0 bridgehead atoms. The molecule has 0 heterocycles. The van der Waals surface area contributed by atoms with Gasteiger partial charge in [-0.15, -0.1) is 0 Å². The largest absolute Gasteiger partial charge is 0.465 e. The van der Waals surface area contributed by atoms with E-state index in [1.54, 1.807) is 0 Å². The van der Waals surface area contributed by atoms with Crippen molar-refractivity contribution < 1.29 is 9.53 Å². The summed E-state index contributed by atoms with van der Waals surface area (Å²) in [4.78, 5) is 12.2. The van der Waals surface area contributed by atoms with E-state index in [1.165, 1.54) is 5.56 Å². The van der Waals surface area contributed by atoms with Crippen LogP contribution >= 0.6 is 0 Å². The number of hydrogen-bond donors (Lipinski definition) is 0. The molecule has 2 atom stereocenters. The number of esters is 1. The van der Waals surface area contributed by atoms with Gasteiger partial charge in [-0.25, -0.2) is 0 Å². The fourth-order valence-corrected chi connectivity index (χ4v) is 2.43. The molecule has 0 aliphatic heterocycles. The molecule has 0 saturated carbocycles. The smallest absolute Gasteiger partial charge is 0.309 e. The van der Waals surface area contributed by atoms with E-state index in [-0.39, 0.29) is 11.9 Å². The molecule has 0 aliphatic carbocycles. The van der Waals surface area contributed by atoms with Crippen LogP contribution in [0.2, 0.25) is 0 Å². The Bertz CT molecular complexity index is 370. The van der Waals surface area contributed by atoms with Gasteiger partial charge in [0, 0.05) is 6.42 Å². The third kappa shape index (κ3) is 5.06. The molecule has 2 heteroatoms. The Kier molecular flexibility index (Phi) is 6.61. The molecule has 0 N–H and O–H groups in total. The number of ether oxygens (including phenoxy) is 1. The van der Waals surface area contributed by atoms with Crippen molar-refractivity contribution in [1.82, 2.24) is 0 Å². The summed E-state index contributed by atoms with van der Waals surface area (Å²) in [5, 5.41) is 0. The number of carbonyl (C=O) groups is 1. The van der Waals surface area contributed by atoms with Crippen LogP contribution in [0.3, 0.4) is 0 Å². The molecule has 1 aromatic rings. The Morgan fingerprint density at radius 3 is 2.32 bits per heavy atom. The fourth-order valence-electron chi connectivity index (χ4n) is 2.43. The van der Waals surface area contributed by atoms with Crippen molar-refractivity contribution >= 4 is 5.97 Å². The van der Waals surface area contributed by atoms with Gasteiger partial charge < -0.3 is 4.74 Å². The summed E-state index contributed by atoms with van der Waals surface area (Å²) in [6.07, 6.45) is 1.80. The quantitative estimate of drug-likeness (QED) is 0.692. The molecule has 0 spiro atoms. The van der Waals surface area contributed by atoms with Crippen molar-refractivity contribution in [2.75, 3.05) is 6.61 Å². The van der Waals surface area contributed by atoms with Crippen LogP contribution in [0.4, 0.5) is 0 Å². The van der Waals surface area contributed by atoms with E-state index >= 15 is 0 Å². The van der Waals surface area contributed by atoms with E-state index in [0.29, 0.717) is 18.4 Å². The third-order valence-electron chi connectivity index (χ3n) is 3.73. The molecule has 19 heavy (non-hydrogen) atoms. The average Bonchev–Trinajstić information content (AvgIpc) is 2.39. The average molecular weight is 262 g/mol. The number of carbonyl (C=O) groups excluding carboxylic acids is 1. The number of hydrogen-bond acceptors (Lipinski definition) is 2. The van der Waals surface area contributed by atoms with Crippen LogP contribution in [0.1, 0.15) is 39.7 Å². The minimum Gasteiger partial charge on any atom is -0.465 e. The van der Waals surface area contributed by atoms with Gasteiger partial charge in [-0.2, -0.15) is 0 Å². The predicted octanol–water partition coefficient (Wildman–Crippen LogP) is 4.09. The summed E-state index contributed by atoms with van der Waals surface area (Å²) >= 11 is 0. The van der Waals surface area contributed by atoms with Crippen molar-refractivity contribution in [1.29, 1.82) is 0 Å². The second-order valence-electron chi connectivity index (χ2n) is 5.56.